The first-order valence-electron chi connectivity index (χ1n) is 6.04. The molecule has 0 heterocycles. The molecule has 3 rings (SSSR count). The van der Waals surface area contributed by atoms with Gasteiger partial charge in [-0.15, -0.1) is 0 Å². The van der Waals surface area contributed by atoms with Gasteiger partial charge in [-0.05, 0) is 41.3 Å². The van der Waals surface area contributed by atoms with Crippen LogP contribution in [0.5, 0.6) is 0 Å². The molecule has 0 atom stereocenters. The van der Waals surface area contributed by atoms with Crippen molar-refractivity contribution < 1.29 is 9.50 Å². The lowest BCUT2D eigenvalue weighted by molar-refractivity contribution is 0.120. The van der Waals surface area contributed by atoms with Crippen molar-refractivity contribution in [2.75, 3.05) is 6.61 Å². The molecular weight excluding hydrogens is 215 g/mol. The van der Waals surface area contributed by atoms with Gasteiger partial charge in [0.25, 0.3) is 0 Å². The molecule has 2 aromatic rings. The van der Waals surface area contributed by atoms with E-state index in [1.165, 1.54) is 12.5 Å². The number of halogens is 1. The van der Waals surface area contributed by atoms with Crippen LogP contribution in [0.15, 0.2) is 36.4 Å². The van der Waals surface area contributed by atoms with Crippen molar-refractivity contribution in [2.24, 2.45) is 0 Å². The molecule has 0 aromatic heterocycles. The predicted molar refractivity (Wildman–Crippen MR) is 66.5 cm³/mol. The fraction of sp³-hybridized carbons (Fsp3) is 0.333. The number of aliphatic hydroxyl groups excluding tert-OH is 1. The van der Waals surface area contributed by atoms with Gasteiger partial charge in [0.2, 0.25) is 0 Å². The summed E-state index contributed by atoms with van der Waals surface area (Å²) in [7, 11) is 0. The van der Waals surface area contributed by atoms with E-state index < -0.39 is 0 Å². The van der Waals surface area contributed by atoms with Crippen molar-refractivity contribution in [3.8, 4) is 0 Å². The van der Waals surface area contributed by atoms with Crippen LogP contribution in [-0.2, 0) is 5.41 Å². The number of fused-ring (bicyclic) bond motifs is 1. The Hall–Kier alpha value is -1.41. The molecule has 0 aliphatic heterocycles. The van der Waals surface area contributed by atoms with E-state index in [0.29, 0.717) is 0 Å². The summed E-state index contributed by atoms with van der Waals surface area (Å²) in [6.45, 7) is 0.188. The third-order valence-electron chi connectivity index (χ3n) is 4.03. The Morgan fingerprint density at radius 2 is 1.82 bits per heavy atom. The fourth-order valence-electron chi connectivity index (χ4n) is 2.69. The highest BCUT2D eigenvalue weighted by molar-refractivity contribution is 5.83. The maximum atomic E-state index is 13.2. The minimum Gasteiger partial charge on any atom is -0.395 e. The van der Waals surface area contributed by atoms with Gasteiger partial charge in [-0.3, -0.25) is 0 Å². The summed E-state index contributed by atoms with van der Waals surface area (Å²) in [6.07, 6.45) is 3.23. The first kappa shape index (κ1) is 10.7. The van der Waals surface area contributed by atoms with Crippen molar-refractivity contribution in [1.29, 1.82) is 0 Å². The first-order valence-corrected chi connectivity index (χ1v) is 6.04. The van der Waals surface area contributed by atoms with Crippen LogP contribution in [0.3, 0.4) is 0 Å². The van der Waals surface area contributed by atoms with E-state index in [1.807, 2.05) is 12.1 Å². The lowest BCUT2D eigenvalue weighted by Gasteiger charge is -2.41. The number of hydrogen-bond acceptors (Lipinski definition) is 1. The van der Waals surface area contributed by atoms with Gasteiger partial charge in [0.05, 0.1) is 6.61 Å². The summed E-state index contributed by atoms with van der Waals surface area (Å²) in [5.41, 5.74) is 1.07. The summed E-state index contributed by atoms with van der Waals surface area (Å²) in [5.74, 6) is -0.207. The molecule has 0 saturated heterocycles. The second-order valence-electron chi connectivity index (χ2n) is 5.00. The minimum absolute atomic E-state index is 0.0689. The molecule has 1 aliphatic carbocycles. The van der Waals surface area contributed by atoms with Gasteiger partial charge in [0.1, 0.15) is 5.82 Å². The Morgan fingerprint density at radius 1 is 1.06 bits per heavy atom. The normalized spacial score (nSPS) is 18.0. The molecule has 0 unspecified atom stereocenters. The topological polar surface area (TPSA) is 20.2 Å². The van der Waals surface area contributed by atoms with Crippen LogP contribution in [0.4, 0.5) is 4.39 Å². The zero-order chi connectivity index (χ0) is 11.9. The van der Waals surface area contributed by atoms with Gasteiger partial charge in [-0.25, -0.2) is 4.39 Å². The van der Waals surface area contributed by atoms with Gasteiger partial charge in [-0.1, -0.05) is 30.7 Å². The highest BCUT2D eigenvalue weighted by atomic mass is 19.1. The van der Waals surface area contributed by atoms with E-state index in [0.717, 1.165) is 29.2 Å². The quantitative estimate of drug-likeness (QED) is 0.838. The zero-order valence-electron chi connectivity index (χ0n) is 9.62. The average Bonchev–Trinajstić information content (AvgIpc) is 2.28. The van der Waals surface area contributed by atoms with E-state index in [9.17, 15) is 9.50 Å². The van der Waals surface area contributed by atoms with Gasteiger partial charge in [0.15, 0.2) is 0 Å². The Labute approximate surface area is 99.9 Å². The number of rotatable bonds is 2. The summed E-state index contributed by atoms with van der Waals surface area (Å²) in [4.78, 5) is 0. The number of hydrogen-bond donors (Lipinski definition) is 1. The summed E-state index contributed by atoms with van der Waals surface area (Å²) in [6, 6.07) is 10.9. The van der Waals surface area contributed by atoms with Crippen LogP contribution in [-0.4, -0.2) is 11.7 Å². The van der Waals surface area contributed by atoms with E-state index >= 15 is 0 Å². The molecule has 2 heteroatoms. The molecule has 1 N–H and O–H groups in total. The third kappa shape index (κ3) is 1.64. The standard InChI is InChI=1S/C15H15FO/c16-14-5-3-11-2-4-13(8-12(11)9-14)15(10-17)6-1-7-15/h2-5,8-9,17H,1,6-7,10H2. The van der Waals surface area contributed by atoms with Crippen LogP contribution in [0.2, 0.25) is 0 Å². The predicted octanol–water partition coefficient (Wildman–Crippen LogP) is 3.39. The van der Waals surface area contributed by atoms with Crippen molar-refractivity contribution >= 4 is 10.8 Å². The van der Waals surface area contributed by atoms with Crippen molar-refractivity contribution in [2.45, 2.75) is 24.7 Å². The molecule has 1 nitrogen and oxygen atoms in total. The van der Waals surface area contributed by atoms with Crippen LogP contribution in [0.1, 0.15) is 24.8 Å². The van der Waals surface area contributed by atoms with Gasteiger partial charge < -0.3 is 5.11 Å². The first-order chi connectivity index (χ1) is 8.23. The minimum atomic E-state index is -0.207. The van der Waals surface area contributed by atoms with Crippen LogP contribution < -0.4 is 0 Å². The second kappa shape index (κ2) is 3.81. The second-order valence-corrected chi connectivity index (χ2v) is 5.00. The van der Waals surface area contributed by atoms with Crippen LogP contribution in [0, 0.1) is 5.82 Å². The third-order valence-corrected chi connectivity index (χ3v) is 4.03. The maximum Gasteiger partial charge on any atom is 0.123 e. The SMILES string of the molecule is OCC1(c2ccc3ccc(F)cc3c2)CCC1. The molecule has 0 amide bonds. The summed E-state index contributed by atoms with van der Waals surface area (Å²) in [5, 5.41) is 11.5. The van der Waals surface area contributed by atoms with Gasteiger partial charge in [0, 0.05) is 5.41 Å². The van der Waals surface area contributed by atoms with Crippen molar-refractivity contribution in [3.05, 3.63) is 47.8 Å². The molecule has 88 valence electrons. The Kier molecular flexibility index (Phi) is 2.40. The summed E-state index contributed by atoms with van der Waals surface area (Å²) < 4.78 is 13.2. The molecule has 1 fully saturated rings. The summed E-state index contributed by atoms with van der Waals surface area (Å²) >= 11 is 0. The highest BCUT2D eigenvalue weighted by Crippen LogP contribution is 2.43. The van der Waals surface area contributed by atoms with Crippen LogP contribution >= 0.6 is 0 Å². The number of benzene rings is 2. The largest absolute Gasteiger partial charge is 0.395 e. The lowest BCUT2D eigenvalue weighted by atomic mass is 9.65. The molecule has 2 aromatic carbocycles. The number of aliphatic hydroxyl groups is 1. The van der Waals surface area contributed by atoms with Gasteiger partial charge in [-0.2, -0.15) is 0 Å². The van der Waals surface area contributed by atoms with E-state index in [-0.39, 0.29) is 17.8 Å². The monoisotopic (exact) mass is 230 g/mol. The molecule has 0 radical (unpaired) electrons. The van der Waals surface area contributed by atoms with E-state index in [1.54, 1.807) is 12.1 Å². The smallest absolute Gasteiger partial charge is 0.123 e. The Morgan fingerprint density at radius 3 is 2.47 bits per heavy atom. The molecule has 1 aliphatic rings. The molecule has 0 spiro atoms. The van der Waals surface area contributed by atoms with E-state index in [4.69, 9.17) is 0 Å². The molecule has 1 saturated carbocycles. The van der Waals surface area contributed by atoms with E-state index in [2.05, 4.69) is 6.07 Å². The van der Waals surface area contributed by atoms with Gasteiger partial charge >= 0.3 is 0 Å². The molecular formula is C15H15FO. The van der Waals surface area contributed by atoms with Crippen molar-refractivity contribution in [1.82, 2.24) is 0 Å². The molecule has 0 bridgehead atoms. The Balaban J connectivity index is 2.12. The zero-order valence-corrected chi connectivity index (χ0v) is 9.62. The molecule has 17 heavy (non-hydrogen) atoms. The Bertz CT molecular complexity index is 552. The average molecular weight is 230 g/mol. The fourth-order valence-corrected chi connectivity index (χ4v) is 2.69. The van der Waals surface area contributed by atoms with Crippen LogP contribution in [0.25, 0.3) is 10.8 Å². The van der Waals surface area contributed by atoms with Crippen molar-refractivity contribution in [3.63, 3.8) is 0 Å². The lowest BCUT2D eigenvalue weighted by Crippen LogP contribution is -2.37. The highest BCUT2D eigenvalue weighted by Gasteiger charge is 2.37. The maximum absolute atomic E-state index is 13.2.